The smallest absolute Gasteiger partial charge is 0.407 e. The molecule has 2 amide bonds. The van der Waals surface area contributed by atoms with Crippen LogP contribution in [-0.2, 0) is 9.53 Å². The van der Waals surface area contributed by atoms with E-state index in [9.17, 15) is 14.0 Å². The third-order valence-electron chi connectivity index (χ3n) is 6.57. The van der Waals surface area contributed by atoms with Gasteiger partial charge >= 0.3 is 6.09 Å². The van der Waals surface area contributed by atoms with E-state index in [1.807, 2.05) is 26.8 Å². The third-order valence-corrected chi connectivity index (χ3v) is 7.03. The molecule has 0 spiro atoms. The molecular formula is C27H32BrFN4O3. The number of rotatable bonds is 4. The zero-order valence-electron chi connectivity index (χ0n) is 20.9. The molecule has 1 saturated carbocycles. The first kappa shape index (κ1) is 26.3. The normalized spacial score (nSPS) is 27.7. The number of halogens is 2. The number of carbonyl (C=O) groups excluding carboxylic acids is 2. The van der Waals surface area contributed by atoms with Crippen molar-refractivity contribution >= 4 is 39.8 Å². The Morgan fingerprint density at radius 3 is 2.72 bits per heavy atom. The molecule has 2 aliphatic carbocycles. The van der Waals surface area contributed by atoms with Crippen molar-refractivity contribution in [3.63, 3.8) is 0 Å². The molecule has 7 nitrogen and oxygen atoms in total. The summed E-state index contributed by atoms with van der Waals surface area (Å²) in [5.41, 5.74) is 1.41. The first-order valence-corrected chi connectivity index (χ1v) is 13.0. The second-order valence-corrected chi connectivity index (χ2v) is 11.7. The topological polar surface area (TPSA) is 92.7 Å². The molecule has 1 aromatic rings. The molecule has 0 radical (unpaired) electrons. The molecule has 2 unspecified atom stereocenters. The number of allylic oxidation sites excluding steroid dienone is 3. The SMILES string of the molecule is C[C@@H]1C[C@H](NC(=O)OC(C)(C)C)C[C@H](c2ccncc2NC(=O)C2=CC=C(F)C3C=C(Br)C=NC23)C1. The lowest BCUT2D eigenvalue weighted by Crippen LogP contribution is -2.42. The summed E-state index contributed by atoms with van der Waals surface area (Å²) in [4.78, 5) is 34.3. The largest absolute Gasteiger partial charge is 0.444 e. The summed E-state index contributed by atoms with van der Waals surface area (Å²) in [6.07, 6.45) is 11.6. The second-order valence-electron chi connectivity index (χ2n) is 10.7. The zero-order valence-corrected chi connectivity index (χ0v) is 22.5. The van der Waals surface area contributed by atoms with Crippen LogP contribution in [0.3, 0.4) is 0 Å². The number of nitrogens with zero attached hydrogens (tertiary/aromatic N) is 2. The second kappa shape index (κ2) is 10.7. The quantitative estimate of drug-likeness (QED) is 0.476. The van der Waals surface area contributed by atoms with Crippen LogP contribution >= 0.6 is 15.9 Å². The van der Waals surface area contributed by atoms with E-state index in [1.165, 1.54) is 12.2 Å². The Labute approximate surface area is 219 Å². The van der Waals surface area contributed by atoms with Gasteiger partial charge in [-0.05, 0) is 91.6 Å². The highest BCUT2D eigenvalue weighted by Crippen LogP contribution is 2.40. The van der Waals surface area contributed by atoms with Gasteiger partial charge < -0.3 is 15.4 Å². The average Bonchev–Trinajstić information content (AvgIpc) is 2.78. The number of fused-ring (bicyclic) bond motifs is 1. The van der Waals surface area contributed by atoms with Crippen molar-refractivity contribution in [1.29, 1.82) is 0 Å². The van der Waals surface area contributed by atoms with Gasteiger partial charge in [0.05, 0.1) is 23.8 Å². The number of amides is 2. The molecule has 0 saturated heterocycles. The molecule has 192 valence electrons. The van der Waals surface area contributed by atoms with Crippen molar-refractivity contribution in [3.05, 3.63) is 58.1 Å². The molecule has 4 rings (SSSR count). The highest BCUT2D eigenvalue weighted by atomic mass is 79.9. The molecular weight excluding hydrogens is 527 g/mol. The highest BCUT2D eigenvalue weighted by molar-refractivity contribution is 9.12. The van der Waals surface area contributed by atoms with Crippen molar-refractivity contribution in [3.8, 4) is 0 Å². The van der Waals surface area contributed by atoms with Gasteiger partial charge in [0.2, 0.25) is 0 Å². The minimum Gasteiger partial charge on any atom is -0.444 e. The molecule has 1 aromatic heterocycles. The van der Waals surface area contributed by atoms with E-state index in [1.54, 1.807) is 24.7 Å². The minimum atomic E-state index is -0.617. The number of alkyl carbamates (subject to hydrolysis) is 1. The van der Waals surface area contributed by atoms with Crippen molar-refractivity contribution < 1.29 is 18.7 Å². The number of ether oxygens (including phenoxy) is 1. The van der Waals surface area contributed by atoms with E-state index in [0.717, 1.165) is 24.8 Å². The first-order chi connectivity index (χ1) is 17.0. The predicted octanol–water partition coefficient (Wildman–Crippen LogP) is 5.96. The Bertz CT molecular complexity index is 1150. The van der Waals surface area contributed by atoms with Gasteiger partial charge in [0, 0.05) is 28.5 Å². The summed E-state index contributed by atoms with van der Waals surface area (Å²) in [7, 11) is 0. The molecule has 1 aliphatic heterocycles. The number of aliphatic imine (C=N–C) groups is 1. The Morgan fingerprint density at radius 1 is 1.19 bits per heavy atom. The Morgan fingerprint density at radius 2 is 1.97 bits per heavy atom. The lowest BCUT2D eigenvalue weighted by Gasteiger charge is -2.35. The Kier molecular flexibility index (Phi) is 7.78. The number of dihydropyridines is 1. The van der Waals surface area contributed by atoms with E-state index >= 15 is 0 Å². The van der Waals surface area contributed by atoms with Crippen molar-refractivity contribution in [2.24, 2.45) is 16.8 Å². The predicted molar refractivity (Wildman–Crippen MR) is 142 cm³/mol. The van der Waals surface area contributed by atoms with Gasteiger partial charge in [-0.25, -0.2) is 9.18 Å². The number of anilines is 1. The van der Waals surface area contributed by atoms with E-state index in [0.29, 0.717) is 21.7 Å². The summed E-state index contributed by atoms with van der Waals surface area (Å²) >= 11 is 3.34. The van der Waals surface area contributed by atoms with E-state index in [2.05, 4.69) is 43.5 Å². The summed E-state index contributed by atoms with van der Waals surface area (Å²) in [5.74, 6) is -0.783. The molecule has 0 aromatic carbocycles. The average molecular weight is 559 g/mol. The summed E-state index contributed by atoms with van der Waals surface area (Å²) < 4.78 is 20.5. The van der Waals surface area contributed by atoms with Crippen molar-refractivity contribution in [2.75, 3.05) is 5.32 Å². The molecule has 1 fully saturated rings. The summed E-state index contributed by atoms with van der Waals surface area (Å²) in [6, 6.07) is 1.26. The van der Waals surface area contributed by atoms with E-state index in [4.69, 9.17) is 4.74 Å². The lowest BCUT2D eigenvalue weighted by atomic mass is 9.76. The fourth-order valence-corrected chi connectivity index (χ4v) is 5.56. The van der Waals surface area contributed by atoms with Gasteiger partial charge in [0.1, 0.15) is 11.4 Å². The molecule has 3 aliphatic rings. The number of aromatic nitrogens is 1. The van der Waals surface area contributed by atoms with Gasteiger partial charge in [-0.2, -0.15) is 0 Å². The van der Waals surface area contributed by atoms with Crippen LogP contribution < -0.4 is 10.6 Å². The van der Waals surface area contributed by atoms with Gasteiger partial charge in [0.25, 0.3) is 5.91 Å². The van der Waals surface area contributed by atoms with Gasteiger partial charge in [-0.3, -0.25) is 14.8 Å². The Balaban J connectivity index is 1.50. The minimum absolute atomic E-state index is 0.0398. The maximum atomic E-state index is 14.4. The molecule has 9 heteroatoms. The standard InChI is InChI=1S/C27H32BrFN4O3/c1-15-9-16(11-18(10-15)32-26(35)36-27(2,3)4)19-7-8-30-14-23(19)33-25(34)20-5-6-22(29)21-12-17(28)13-31-24(20)21/h5-8,12-16,18,21,24H,9-11H2,1-4H3,(H,32,35)(H,33,34)/t15-,16+,18-,21?,24?/m0/s1. The third kappa shape index (κ3) is 6.30. The summed E-state index contributed by atoms with van der Waals surface area (Å²) in [5, 5.41) is 6.01. The zero-order chi connectivity index (χ0) is 26.0. The number of nitrogens with one attached hydrogen (secondary N) is 2. The number of hydrogen-bond acceptors (Lipinski definition) is 5. The molecule has 0 bridgehead atoms. The lowest BCUT2D eigenvalue weighted by molar-refractivity contribution is -0.113. The number of pyridine rings is 1. The fraction of sp³-hybridized carbons (Fsp3) is 0.481. The van der Waals surface area contributed by atoms with Crippen LogP contribution in [0.15, 0.2) is 57.6 Å². The number of carbonyl (C=O) groups is 2. The summed E-state index contributed by atoms with van der Waals surface area (Å²) in [6.45, 7) is 7.68. The fourth-order valence-electron chi connectivity index (χ4n) is 5.15. The van der Waals surface area contributed by atoms with Crippen molar-refractivity contribution in [2.45, 2.75) is 70.6 Å². The van der Waals surface area contributed by atoms with Crippen LogP contribution in [-0.4, -0.2) is 40.9 Å². The molecule has 36 heavy (non-hydrogen) atoms. The van der Waals surface area contributed by atoms with Crippen molar-refractivity contribution in [1.82, 2.24) is 10.3 Å². The van der Waals surface area contributed by atoms with Crippen LogP contribution in [0.1, 0.15) is 58.4 Å². The highest BCUT2D eigenvalue weighted by Gasteiger charge is 2.35. The maximum Gasteiger partial charge on any atom is 0.407 e. The first-order valence-electron chi connectivity index (χ1n) is 12.2. The van der Waals surface area contributed by atoms with Crippen LogP contribution in [0, 0.1) is 11.8 Å². The van der Waals surface area contributed by atoms with Crippen LogP contribution in [0.4, 0.5) is 14.9 Å². The van der Waals surface area contributed by atoms with Crippen LogP contribution in [0.25, 0.3) is 0 Å². The Hall–Kier alpha value is -2.81. The van der Waals surface area contributed by atoms with Crippen LogP contribution in [0.5, 0.6) is 0 Å². The maximum absolute atomic E-state index is 14.4. The molecule has 5 atom stereocenters. The number of hydrogen-bond donors (Lipinski definition) is 2. The molecule has 2 N–H and O–H groups in total. The van der Waals surface area contributed by atoms with E-state index < -0.39 is 23.7 Å². The monoisotopic (exact) mass is 558 g/mol. The molecule has 2 heterocycles. The van der Waals surface area contributed by atoms with Gasteiger partial charge in [-0.1, -0.05) is 13.0 Å². The van der Waals surface area contributed by atoms with Gasteiger partial charge in [0.15, 0.2) is 0 Å². The van der Waals surface area contributed by atoms with Crippen LogP contribution in [0.2, 0.25) is 0 Å². The van der Waals surface area contributed by atoms with E-state index in [-0.39, 0.29) is 23.7 Å². The van der Waals surface area contributed by atoms with Gasteiger partial charge in [-0.15, -0.1) is 0 Å².